The van der Waals surface area contributed by atoms with Crippen LogP contribution in [-0.4, -0.2) is 89.1 Å². The van der Waals surface area contributed by atoms with Gasteiger partial charge in [0.1, 0.15) is 21.6 Å². The molecule has 1 aliphatic heterocycles. The Morgan fingerprint density at radius 2 is 1.78 bits per heavy atom. The van der Waals surface area contributed by atoms with Crippen LogP contribution in [0.3, 0.4) is 0 Å². The molecule has 1 heterocycles. The van der Waals surface area contributed by atoms with Crippen LogP contribution >= 0.6 is 0 Å². The number of aliphatic carboxylic acids is 1. The zero-order chi connectivity index (χ0) is 21.0. The second kappa shape index (κ2) is 8.11. The van der Waals surface area contributed by atoms with Crippen LogP contribution in [-0.2, 0) is 24.2 Å². The molecule has 0 aromatic carbocycles. The van der Waals surface area contributed by atoms with E-state index >= 15 is 0 Å². The Bertz CT molecular complexity index is 742. The number of ether oxygens (including phenoxy) is 1. The molecule has 1 atom stereocenters. The molecular formula is C11H16N4O11S. The Morgan fingerprint density at radius 1 is 1.26 bits per heavy atom. The van der Waals surface area contributed by atoms with Gasteiger partial charge in [-0.05, 0) is 6.92 Å². The normalized spacial score (nSPS) is 16.6. The maximum atomic E-state index is 12.0. The fourth-order valence-electron chi connectivity index (χ4n) is 2.12. The van der Waals surface area contributed by atoms with E-state index in [-0.39, 0.29) is 6.61 Å². The zero-order valence-electron chi connectivity index (χ0n) is 13.9. The third-order valence-corrected chi connectivity index (χ3v) is 5.08. The Balaban J connectivity index is 2.73. The average Bonchev–Trinajstić information content (AvgIpc) is 2.43. The van der Waals surface area contributed by atoms with Gasteiger partial charge in [0.2, 0.25) is 5.91 Å². The van der Waals surface area contributed by atoms with E-state index in [0.29, 0.717) is 4.90 Å². The van der Waals surface area contributed by atoms with E-state index in [1.54, 1.807) is 5.32 Å². The predicted molar refractivity (Wildman–Crippen MR) is 83.5 cm³/mol. The number of carboxylic acid groups (broad SMARTS) is 1. The SMILES string of the molecule is CCOC(=O)N[C@@H](CS(=O)(=O)CC(=O)N1CC([N+](=O)[O-])([N+](=O)[O-])C1)C(=O)O. The number of alkyl carbamates (subject to hydrolysis) is 1. The number of hydrogen-bond donors (Lipinski definition) is 2. The van der Waals surface area contributed by atoms with Crippen LogP contribution in [0.25, 0.3) is 0 Å². The number of rotatable bonds is 9. The molecule has 1 rings (SSSR count). The quantitative estimate of drug-likeness (QED) is 0.233. The Hall–Kier alpha value is -3.04. The lowest BCUT2D eigenvalue weighted by Crippen LogP contribution is -2.71. The van der Waals surface area contributed by atoms with Crippen molar-refractivity contribution in [3.8, 4) is 0 Å². The Morgan fingerprint density at radius 3 is 2.19 bits per heavy atom. The molecule has 0 aromatic heterocycles. The lowest BCUT2D eigenvalue weighted by Gasteiger charge is -2.35. The molecule has 0 bridgehead atoms. The number of carbonyl (C=O) groups is 3. The average molecular weight is 412 g/mol. The molecule has 2 N–H and O–H groups in total. The summed E-state index contributed by atoms with van der Waals surface area (Å²) >= 11 is 0. The van der Waals surface area contributed by atoms with Gasteiger partial charge in [-0.25, -0.2) is 18.0 Å². The largest absolute Gasteiger partial charge is 0.492 e. The van der Waals surface area contributed by atoms with E-state index in [4.69, 9.17) is 5.11 Å². The van der Waals surface area contributed by atoms with Crippen LogP contribution in [0.2, 0.25) is 0 Å². The summed E-state index contributed by atoms with van der Waals surface area (Å²) in [5.74, 6) is -5.22. The molecule has 1 aliphatic rings. The van der Waals surface area contributed by atoms with Gasteiger partial charge in [-0.2, -0.15) is 0 Å². The first kappa shape index (κ1) is 22.0. The van der Waals surface area contributed by atoms with Gasteiger partial charge in [0, 0.05) is 0 Å². The highest BCUT2D eigenvalue weighted by Gasteiger charge is 2.67. The Kier molecular flexibility index (Phi) is 6.60. The topological polar surface area (TPSA) is 216 Å². The molecule has 0 saturated carbocycles. The van der Waals surface area contributed by atoms with Crippen molar-refractivity contribution in [3.05, 3.63) is 20.2 Å². The first-order valence-electron chi connectivity index (χ1n) is 7.28. The summed E-state index contributed by atoms with van der Waals surface area (Å²) in [6.07, 6.45) is -1.17. The number of amides is 2. The standard InChI is InChI=1S/C11H16N4O11S/c1-2-26-10(19)12-7(9(17)18)3-27(24,25)4-8(16)13-5-11(6-13,14(20)21)15(22)23/h7H,2-6H2,1H3,(H,12,19)(H,17,18)/t7-/m0/s1. The molecule has 2 amide bonds. The number of hydrogen-bond acceptors (Lipinski definition) is 10. The molecule has 1 fully saturated rings. The van der Waals surface area contributed by atoms with Crippen molar-refractivity contribution >= 4 is 27.8 Å². The highest BCUT2D eigenvalue weighted by atomic mass is 32.2. The molecule has 152 valence electrons. The van der Waals surface area contributed by atoms with Gasteiger partial charge in [-0.3, -0.25) is 25.0 Å². The number of likely N-dealkylation sites (tertiary alicyclic amines) is 1. The summed E-state index contributed by atoms with van der Waals surface area (Å²) in [5.41, 5.74) is -2.59. The van der Waals surface area contributed by atoms with Gasteiger partial charge in [0.05, 0.1) is 12.4 Å². The monoisotopic (exact) mass is 412 g/mol. The van der Waals surface area contributed by atoms with Crippen molar-refractivity contribution in [3.63, 3.8) is 0 Å². The molecule has 1 saturated heterocycles. The van der Waals surface area contributed by atoms with Gasteiger partial charge in [0.25, 0.3) is 0 Å². The number of nitro groups is 2. The zero-order valence-corrected chi connectivity index (χ0v) is 14.7. The van der Waals surface area contributed by atoms with Crippen molar-refractivity contribution in [1.82, 2.24) is 10.2 Å². The summed E-state index contributed by atoms with van der Waals surface area (Å²) in [4.78, 5) is 54.0. The van der Waals surface area contributed by atoms with E-state index in [9.17, 15) is 43.0 Å². The Labute approximate surface area is 151 Å². The fourth-order valence-corrected chi connectivity index (χ4v) is 3.53. The fraction of sp³-hybridized carbons (Fsp3) is 0.727. The van der Waals surface area contributed by atoms with E-state index < -0.39 is 74.0 Å². The van der Waals surface area contributed by atoms with Crippen molar-refractivity contribution in [2.75, 3.05) is 31.2 Å². The second-order valence-corrected chi connectivity index (χ2v) is 7.67. The van der Waals surface area contributed by atoms with Gasteiger partial charge < -0.3 is 20.1 Å². The van der Waals surface area contributed by atoms with Crippen LogP contribution in [0.5, 0.6) is 0 Å². The predicted octanol–water partition coefficient (Wildman–Crippen LogP) is -2.31. The molecule has 27 heavy (non-hydrogen) atoms. The molecule has 0 aliphatic carbocycles. The van der Waals surface area contributed by atoms with Crippen LogP contribution in [0.15, 0.2) is 0 Å². The lowest BCUT2D eigenvalue weighted by molar-refractivity contribution is -0.809. The molecule has 15 nitrogen and oxygen atoms in total. The molecule has 0 spiro atoms. The number of carboxylic acids is 1. The van der Waals surface area contributed by atoms with Gasteiger partial charge in [0.15, 0.2) is 22.9 Å². The number of carbonyl (C=O) groups excluding carboxylic acids is 2. The summed E-state index contributed by atoms with van der Waals surface area (Å²) in [6, 6.07) is -1.89. The molecule has 0 unspecified atom stereocenters. The van der Waals surface area contributed by atoms with Crippen LogP contribution in [0, 0.1) is 20.2 Å². The summed E-state index contributed by atoms with van der Waals surface area (Å²) in [6.45, 7) is -0.476. The molecule has 16 heteroatoms. The minimum absolute atomic E-state index is 0.0903. The van der Waals surface area contributed by atoms with Crippen LogP contribution in [0.4, 0.5) is 4.79 Å². The first-order valence-corrected chi connectivity index (χ1v) is 9.10. The van der Waals surface area contributed by atoms with Crippen LogP contribution in [0.1, 0.15) is 6.92 Å². The van der Waals surface area contributed by atoms with E-state index in [1.807, 2.05) is 0 Å². The van der Waals surface area contributed by atoms with Gasteiger partial charge in [-0.15, -0.1) is 0 Å². The van der Waals surface area contributed by atoms with Crippen molar-refractivity contribution < 1.29 is 42.5 Å². The summed E-state index contributed by atoms with van der Waals surface area (Å²) in [7, 11) is -4.37. The van der Waals surface area contributed by atoms with Crippen LogP contribution < -0.4 is 5.32 Å². The highest BCUT2D eigenvalue weighted by molar-refractivity contribution is 7.92. The molecular weight excluding hydrogens is 396 g/mol. The number of nitrogens with zero attached hydrogens (tertiary/aromatic N) is 3. The maximum Gasteiger partial charge on any atom is 0.492 e. The third-order valence-electron chi connectivity index (χ3n) is 3.55. The summed E-state index contributed by atoms with van der Waals surface area (Å²) in [5, 5.41) is 32.3. The van der Waals surface area contributed by atoms with E-state index in [0.717, 1.165) is 0 Å². The minimum Gasteiger partial charge on any atom is -0.480 e. The van der Waals surface area contributed by atoms with E-state index in [2.05, 4.69) is 4.74 Å². The number of sulfone groups is 1. The first-order chi connectivity index (χ1) is 12.3. The number of nitrogens with one attached hydrogen (secondary N) is 1. The second-order valence-electron chi connectivity index (χ2n) is 5.56. The molecule has 0 radical (unpaired) electrons. The molecule has 0 aromatic rings. The summed E-state index contributed by atoms with van der Waals surface area (Å²) < 4.78 is 28.4. The minimum atomic E-state index is -4.37. The van der Waals surface area contributed by atoms with Gasteiger partial charge >= 0.3 is 17.7 Å². The van der Waals surface area contributed by atoms with Gasteiger partial charge in [-0.1, -0.05) is 0 Å². The highest BCUT2D eigenvalue weighted by Crippen LogP contribution is 2.25. The van der Waals surface area contributed by atoms with Crippen molar-refractivity contribution in [1.29, 1.82) is 0 Å². The van der Waals surface area contributed by atoms with E-state index in [1.165, 1.54) is 6.92 Å². The van der Waals surface area contributed by atoms with Crippen molar-refractivity contribution in [2.45, 2.75) is 18.6 Å². The smallest absolute Gasteiger partial charge is 0.480 e. The maximum absolute atomic E-state index is 12.0. The van der Waals surface area contributed by atoms with Crippen molar-refractivity contribution in [2.24, 2.45) is 0 Å². The lowest BCUT2D eigenvalue weighted by atomic mass is 10.0. The third kappa shape index (κ3) is 5.22.